The summed E-state index contributed by atoms with van der Waals surface area (Å²) in [5.41, 5.74) is -0.00393. The van der Waals surface area contributed by atoms with E-state index in [1.807, 2.05) is 13.0 Å². The van der Waals surface area contributed by atoms with E-state index in [0.29, 0.717) is 11.8 Å². The second kappa shape index (κ2) is 8.55. The number of hydrogen-bond acceptors (Lipinski definition) is 3. The van der Waals surface area contributed by atoms with Crippen LogP contribution in [0, 0.1) is 26.7 Å². The zero-order valence-corrected chi connectivity index (χ0v) is 17.5. The highest BCUT2D eigenvalue weighted by molar-refractivity contribution is 6.33. The fourth-order valence-electron chi connectivity index (χ4n) is 2.99. The van der Waals surface area contributed by atoms with Crippen LogP contribution in [0.4, 0.5) is 23.2 Å². The predicted octanol–water partition coefficient (Wildman–Crippen LogP) is 6.86. The van der Waals surface area contributed by atoms with Crippen LogP contribution in [0.5, 0.6) is 11.5 Å². The first-order chi connectivity index (χ1) is 14.5. The van der Waals surface area contributed by atoms with Crippen LogP contribution in [-0.2, 0) is 6.18 Å². The lowest BCUT2D eigenvalue weighted by molar-refractivity contribution is -0.137. The van der Waals surface area contributed by atoms with Crippen LogP contribution in [0.25, 0.3) is 0 Å². The maximum Gasteiger partial charge on any atom is 0.417 e. The number of rotatable bonds is 4. The minimum Gasteiger partial charge on any atom is -0.455 e. The first kappa shape index (κ1) is 22.6. The molecule has 0 aliphatic carbocycles. The Labute approximate surface area is 180 Å². The molecule has 0 aliphatic rings. The lowest BCUT2D eigenvalue weighted by atomic mass is 10.0. The molecule has 0 radical (unpaired) electrons. The van der Waals surface area contributed by atoms with E-state index in [1.54, 1.807) is 18.2 Å². The summed E-state index contributed by atoms with van der Waals surface area (Å²) in [6.07, 6.45) is -4.78. The summed E-state index contributed by atoms with van der Waals surface area (Å²) in [5, 5.41) is 2.03. The molecular formula is C22H17ClF4N2O2. The molecule has 3 aromatic rings. The smallest absolute Gasteiger partial charge is 0.417 e. The van der Waals surface area contributed by atoms with Gasteiger partial charge in [0.05, 0.1) is 21.8 Å². The number of nitrogens with one attached hydrogen (secondary N) is 1. The molecule has 0 atom stereocenters. The highest BCUT2D eigenvalue weighted by Crippen LogP contribution is 2.42. The number of anilines is 1. The number of ether oxygens (including phenoxy) is 1. The molecule has 1 N–H and O–H groups in total. The third-order valence-electron chi connectivity index (χ3n) is 4.49. The molecule has 0 spiro atoms. The van der Waals surface area contributed by atoms with Crippen molar-refractivity contribution >= 4 is 23.2 Å². The number of nitrogens with zero attached hydrogens (tertiary/aromatic N) is 1. The van der Waals surface area contributed by atoms with Crippen molar-refractivity contribution in [3.63, 3.8) is 0 Å². The minimum atomic E-state index is -4.78. The molecule has 9 heteroatoms. The van der Waals surface area contributed by atoms with Crippen LogP contribution in [0.15, 0.2) is 42.5 Å². The predicted molar refractivity (Wildman–Crippen MR) is 109 cm³/mol. The van der Waals surface area contributed by atoms with Crippen molar-refractivity contribution in [2.24, 2.45) is 0 Å². The van der Waals surface area contributed by atoms with Crippen LogP contribution in [0.2, 0.25) is 5.02 Å². The molecule has 0 aliphatic heterocycles. The molecule has 4 nitrogen and oxygen atoms in total. The number of aryl methyl sites for hydroxylation is 2. The van der Waals surface area contributed by atoms with Crippen molar-refractivity contribution in [1.82, 2.24) is 4.98 Å². The zero-order chi connectivity index (χ0) is 22.9. The molecule has 1 aromatic heterocycles. The van der Waals surface area contributed by atoms with Crippen molar-refractivity contribution in [2.45, 2.75) is 26.9 Å². The van der Waals surface area contributed by atoms with Crippen LogP contribution in [-0.4, -0.2) is 10.9 Å². The fourth-order valence-corrected chi connectivity index (χ4v) is 3.25. The third-order valence-corrected chi connectivity index (χ3v) is 4.98. The van der Waals surface area contributed by atoms with E-state index >= 15 is 0 Å². The van der Waals surface area contributed by atoms with Gasteiger partial charge in [0.1, 0.15) is 11.5 Å². The SMILES string of the molecule is Cc1cccc(NC(=O)c2c(Oc3ccc(F)nc3C)cc(C(F)(F)F)c(Cl)c2C)c1. The molecule has 31 heavy (non-hydrogen) atoms. The van der Waals surface area contributed by atoms with E-state index < -0.39 is 28.6 Å². The van der Waals surface area contributed by atoms with Gasteiger partial charge >= 0.3 is 6.18 Å². The average molecular weight is 453 g/mol. The van der Waals surface area contributed by atoms with Crippen molar-refractivity contribution in [2.75, 3.05) is 5.32 Å². The summed E-state index contributed by atoms with van der Waals surface area (Å²) >= 11 is 5.96. The Morgan fingerprint density at radius 2 is 1.77 bits per heavy atom. The molecule has 1 heterocycles. The van der Waals surface area contributed by atoms with Crippen molar-refractivity contribution < 1.29 is 27.1 Å². The number of benzene rings is 2. The van der Waals surface area contributed by atoms with Crippen LogP contribution in [0.1, 0.15) is 32.7 Å². The summed E-state index contributed by atoms with van der Waals surface area (Å²) < 4.78 is 59.4. The molecule has 0 unspecified atom stereocenters. The normalized spacial score (nSPS) is 11.4. The van der Waals surface area contributed by atoms with Crippen LogP contribution >= 0.6 is 11.6 Å². The van der Waals surface area contributed by atoms with Crippen LogP contribution in [0.3, 0.4) is 0 Å². The molecule has 3 rings (SSSR count). The fraction of sp³-hybridized carbons (Fsp3) is 0.182. The molecule has 0 saturated heterocycles. The summed E-state index contributed by atoms with van der Waals surface area (Å²) in [6.45, 7) is 4.55. The Bertz CT molecular complexity index is 1160. The van der Waals surface area contributed by atoms with Gasteiger partial charge in [0, 0.05) is 5.69 Å². The maximum absolute atomic E-state index is 13.5. The van der Waals surface area contributed by atoms with Gasteiger partial charge in [-0.2, -0.15) is 17.6 Å². The first-order valence-corrected chi connectivity index (χ1v) is 9.44. The van der Waals surface area contributed by atoms with Gasteiger partial charge in [-0.05, 0) is 62.2 Å². The number of hydrogen-bond donors (Lipinski definition) is 1. The lowest BCUT2D eigenvalue weighted by Gasteiger charge is -2.19. The largest absolute Gasteiger partial charge is 0.455 e. The van der Waals surface area contributed by atoms with Gasteiger partial charge in [-0.1, -0.05) is 23.7 Å². The Hall–Kier alpha value is -3.13. The molecule has 1 amide bonds. The third kappa shape index (κ3) is 4.96. The number of pyridine rings is 1. The molecular weight excluding hydrogens is 436 g/mol. The minimum absolute atomic E-state index is 0.000789. The number of halogens is 5. The quantitative estimate of drug-likeness (QED) is 0.347. The Morgan fingerprint density at radius 1 is 1.06 bits per heavy atom. The van der Waals surface area contributed by atoms with Gasteiger partial charge in [0.25, 0.3) is 5.91 Å². The maximum atomic E-state index is 13.5. The number of amides is 1. The molecule has 0 bridgehead atoms. The second-order valence-corrected chi connectivity index (χ2v) is 7.26. The highest BCUT2D eigenvalue weighted by Gasteiger charge is 2.36. The Balaban J connectivity index is 2.13. The average Bonchev–Trinajstić information content (AvgIpc) is 2.65. The van der Waals surface area contributed by atoms with Gasteiger partial charge in [-0.25, -0.2) is 4.98 Å². The monoisotopic (exact) mass is 452 g/mol. The van der Waals surface area contributed by atoms with Gasteiger partial charge in [-0.15, -0.1) is 0 Å². The van der Waals surface area contributed by atoms with Crippen molar-refractivity contribution in [3.05, 3.63) is 81.4 Å². The van der Waals surface area contributed by atoms with Gasteiger partial charge < -0.3 is 10.1 Å². The zero-order valence-electron chi connectivity index (χ0n) is 16.7. The number of carbonyl (C=O) groups is 1. The van der Waals surface area contributed by atoms with E-state index in [4.69, 9.17) is 16.3 Å². The van der Waals surface area contributed by atoms with E-state index in [-0.39, 0.29) is 28.3 Å². The molecule has 2 aromatic carbocycles. The molecule has 162 valence electrons. The van der Waals surface area contributed by atoms with E-state index in [0.717, 1.165) is 11.6 Å². The highest BCUT2D eigenvalue weighted by atomic mass is 35.5. The summed E-state index contributed by atoms with van der Waals surface area (Å²) in [7, 11) is 0. The topological polar surface area (TPSA) is 51.2 Å². The molecule has 0 saturated carbocycles. The Morgan fingerprint density at radius 3 is 2.39 bits per heavy atom. The lowest BCUT2D eigenvalue weighted by Crippen LogP contribution is -2.17. The van der Waals surface area contributed by atoms with Gasteiger partial charge in [0.15, 0.2) is 0 Å². The summed E-state index contributed by atoms with van der Waals surface area (Å²) in [4.78, 5) is 16.6. The van der Waals surface area contributed by atoms with Gasteiger partial charge in [-0.3, -0.25) is 4.79 Å². The number of aromatic nitrogens is 1. The number of alkyl halides is 3. The van der Waals surface area contributed by atoms with Crippen molar-refractivity contribution in [1.29, 1.82) is 0 Å². The second-order valence-electron chi connectivity index (χ2n) is 6.88. The standard InChI is InChI=1S/C22H17ClF4N2O2/c1-11-5-4-6-14(9-11)29-21(30)19-12(2)20(23)15(22(25,26)27)10-17(19)31-16-7-8-18(24)28-13(16)3/h4-10H,1-3H3,(H,29,30). The summed E-state index contributed by atoms with van der Waals surface area (Å²) in [6, 6.07) is 9.77. The van der Waals surface area contributed by atoms with E-state index in [1.165, 1.54) is 19.9 Å². The van der Waals surface area contributed by atoms with E-state index in [9.17, 15) is 22.4 Å². The summed E-state index contributed by atoms with van der Waals surface area (Å²) in [5.74, 6) is -1.86. The Kier molecular flexibility index (Phi) is 6.22. The number of carbonyl (C=O) groups excluding carboxylic acids is 1. The first-order valence-electron chi connectivity index (χ1n) is 9.06. The van der Waals surface area contributed by atoms with Gasteiger partial charge in [0.2, 0.25) is 5.95 Å². The molecule has 0 fully saturated rings. The van der Waals surface area contributed by atoms with Crippen molar-refractivity contribution in [3.8, 4) is 11.5 Å². The van der Waals surface area contributed by atoms with Crippen LogP contribution < -0.4 is 10.1 Å². The van der Waals surface area contributed by atoms with E-state index in [2.05, 4.69) is 10.3 Å².